The maximum atomic E-state index is 6.15. The van der Waals surface area contributed by atoms with Crippen molar-refractivity contribution in [3.63, 3.8) is 0 Å². The van der Waals surface area contributed by atoms with Crippen LogP contribution in [0.4, 0.5) is 0 Å². The smallest absolute Gasteiger partial charge is 0.0224 e. The highest BCUT2D eigenvalue weighted by atomic mass is 15.2. The molecule has 2 N–H and O–H groups in total. The average Bonchev–Trinajstić information content (AvgIpc) is 3.41. The number of nitrogens with zero attached hydrogens (tertiary/aromatic N) is 1. The van der Waals surface area contributed by atoms with E-state index >= 15 is 0 Å². The molecule has 2 unspecified atom stereocenters. The van der Waals surface area contributed by atoms with Crippen LogP contribution in [-0.4, -0.2) is 30.6 Å². The second kappa shape index (κ2) is 6.93. The predicted molar refractivity (Wildman–Crippen MR) is 89.3 cm³/mol. The van der Waals surface area contributed by atoms with E-state index in [1.165, 1.54) is 50.8 Å². The topological polar surface area (TPSA) is 29.3 Å². The molecule has 0 aliphatic heterocycles. The lowest BCUT2D eigenvalue weighted by atomic mass is 9.93. The van der Waals surface area contributed by atoms with Gasteiger partial charge in [0.05, 0.1) is 0 Å². The normalized spacial score (nSPS) is 21.5. The molecule has 2 aliphatic rings. The van der Waals surface area contributed by atoms with Gasteiger partial charge in [-0.2, -0.15) is 0 Å². The summed E-state index contributed by atoms with van der Waals surface area (Å²) in [5.74, 6) is 2.52. The summed E-state index contributed by atoms with van der Waals surface area (Å²) in [5.41, 5.74) is 7.60. The molecule has 0 radical (unpaired) electrons. The van der Waals surface area contributed by atoms with Crippen molar-refractivity contribution >= 4 is 0 Å². The van der Waals surface area contributed by atoms with E-state index in [0.717, 1.165) is 18.4 Å². The molecule has 0 spiro atoms. The molecule has 0 saturated heterocycles. The number of hydrogen-bond donors (Lipinski definition) is 1. The van der Waals surface area contributed by atoms with Gasteiger partial charge in [-0.3, -0.25) is 4.90 Å². The number of benzene rings is 1. The molecule has 3 rings (SSSR count). The monoisotopic (exact) mass is 286 g/mol. The third-order valence-electron chi connectivity index (χ3n) is 5.16. The van der Waals surface area contributed by atoms with Gasteiger partial charge in [-0.15, -0.1) is 0 Å². The Kier molecular flexibility index (Phi) is 4.97. The summed E-state index contributed by atoms with van der Waals surface area (Å²) in [6.45, 7) is 5.74. The molecule has 116 valence electrons. The lowest BCUT2D eigenvalue weighted by Crippen LogP contribution is -2.43. The fourth-order valence-corrected chi connectivity index (χ4v) is 3.36. The molecule has 0 heterocycles. The van der Waals surface area contributed by atoms with E-state index in [1.807, 2.05) is 0 Å². The number of rotatable bonds is 9. The van der Waals surface area contributed by atoms with Crippen LogP contribution in [0.5, 0.6) is 0 Å². The fraction of sp³-hybridized carbons (Fsp3) is 0.684. The van der Waals surface area contributed by atoms with Gasteiger partial charge in [-0.05, 0) is 55.4 Å². The predicted octanol–water partition coefficient (Wildman–Crippen LogP) is 3.63. The second-order valence-corrected chi connectivity index (χ2v) is 7.28. The van der Waals surface area contributed by atoms with E-state index in [2.05, 4.69) is 42.2 Å². The average molecular weight is 286 g/mol. The van der Waals surface area contributed by atoms with Crippen molar-refractivity contribution in [2.45, 2.75) is 51.0 Å². The van der Waals surface area contributed by atoms with Gasteiger partial charge in [0.25, 0.3) is 0 Å². The van der Waals surface area contributed by atoms with Gasteiger partial charge in [0, 0.05) is 25.7 Å². The van der Waals surface area contributed by atoms with Crippen molar-refractivity contribution in [2.24, 2.45) is 17.6 Å². The highest BCUT2D eigenvalue weighted by molar-refractivity contribution is 5.19. The Morgan fingerprint density at radius 1 is 1.05 bits per heavy atom. The Hall–Kier alpha value is -0.860. The van der Waals surface area contributed by atoms with E-state index in [9.17, 15) is 0 Å². The molecule has 1 aromatic carbocycles. The molecule has 2 fully saturated rings. The summed E-state index contributed by atoms with van der Waals surface area (Å²) in [4.78, 5) is 2.73. The molecular weight excluding hydrogens is 256 g/mol. The Morgan fingerprint density at radius 3 is 2.10 bits per heavy atom. The molecule has 0 bridgehead atoms. The van der Waals surface area contributed by atoms with Crippen molar-refractivity contribution in [3.05, 3.63) is 35.9 Å². The van der Waals surface area contributed by atoms with Gasteiger partial charge in [-0.25, -0.2) is 0 Å². The third-order valence-corrected chi connectivity index (χ3v) is 5.16. The first-order valence-corrected chi connectivity index (χ1v) is 8.75. The van der Waals surface area contributed by atoms with Crippen molar-refractivity contribution in [1.29, 1.82) is 0 Å². The van der Waals surface area contributed by atoms with Gasteiger partial charge < -0.3 is 5.73 Å². The molecule has 0 aromatic heterocycles. The SMILES string of the molecule is CC(CC(CN)N(CC1CC1)CC1CC1)c1ccccc1. The lowest BCUT2D eigenvalue weighted by Gasteiger charge is -2.33. The first kappa shape index (κ1) is 15.1. The molecule has 2 saturated carbocycles. The van der Waals surface area contributed by atoms with E-state index < -0.39 is 0 Å². The first-order chi connectivity index (χ1) is 10.3. The molecule has 0 amide bonds. The summed E-state index contributed by atoms with van der Waals surface area (Å²) >= 11 is 0. The Bertz CT molecular complexity index is 408. The van der Waals surface area contributed by atoms with E-state index in [1.54, 1.807) is 0 Å². The first-order valence-electron chi connectivity index (χ1n) is 8.75. The number of hydrogen-bond acceptors (Lipinski definition) is 2. The van der Waals surface area contributed by atoms with E-state index in [-0.39, 0.29) is 0 Å². The van der Waals surface area contributed by atoms with E-state index in [4.69, 9.17) is 5.73 Å². The third kappa shape index (κ3) is 4.55. The maximum absolute atomic E-state index is 6.15. The van der Waals surface area contributed by atoms with Crippen LogP contribution in [0.25, 0.3) is 0 Å². The van der Waals surface area contributed by atoms with Crippen molar-refractivity contribution in [3.8, 4) is 0 Å². The summed E-state index contributed by atoms with van der Waals surface area (Å²) in [7, 11) is 0. The minimum atomic E-state index is 0.557. The molecule has 2 nitrogen and oxygen atoms in total. The van der Waals surface area contributed by atoms with E-state index in [0.29, 0.717) is 12.0 Å². The van der Waals surface area contributed by atoms with Crippen LogP contribution in [0.1, 0.15) is 50.5 Å². The van der Waals surface area contributed by atoms with Crippen LogP contribution < -0.4 is 5.73 Å². The fourth-order valence-electron chi connectivity index (χ4n) is 3.36. The van der Waals surface area contributed by atoms with Gasteiger partial charge in [0.2, 0.25) is 0 Å². The second-order valence-electron chi connectivity index (χ2n) is 7.28. The molecule has 2 aliphatic carbocycles. The number of nitrogens with two attached hydrogens (primary N) is 1. The Labute approximate surface area is 129 Å². The molecule has 2 heteroatoms. The standard InChI is InChI=1S/C19H30N2/c1-15(18-5-3-2-4-6-18)11-19(12-20)21(13-16-7-8-16)14-17-9-10-17/h2-6,15-17,19H,7-14,20H2,1H3. The summed E-state index contributed by atoms with van der Waals surface area (Å²) in [6, 6.07) is 11.5. The zero-order chi connectivity index (χ0) is 14.7. The molecule has 21 heavy (non-hydrogen) atoms. The largest absolute Gasteiger partial charge is 0.329 e. The summed E-state index contributed by atoms with van der Waals surface area (Å²) in [5, 5.41) is 0. The maximum Gasteiger partial charge on any atom is 0.0224 e. The minimum Gasteiger partial charge on any atom is -0.329 e. The van der Waals surface area contributed by atoms with Gasteiger partial charge in [0.1, 0.15) is 0 Å². The Balaban J connectivity index is 1.60. The highest BCUT2D eigenvalue weighted by Gasteiger charge is 2.32. The lowest BCUT2D eigenvalue weighted by molar-refractivity contribution is 0.169. The van der Waals surface area contributed by atoms with Crippen molar-refractivity contribution < 1.29 is 0 Å². The van der Waals surface area contributed by atoms with Crippen LogP contribution in [0.15, 0.2) is 30.3 Å². The van der Waals surface area contributed by atoms with Crippen molar-refractivity contribution in [2.75, 3.05) is 19.6 Å². The minimum absolute atomic E-state index is 0.557. The van der Waals surface area contributed by atoms with Crippen LogP contribution in [0, 0.1) is 11.8 Å². The van der Waals surface area contributed by atoms with Gasteiger partial charge in [-0.1, -0.05) is 37.3 Å². The van der Waals surface area contributed by atoms with Crippen LogP contribution in [-0.2, 0) is 0 Å². The van der Waals surface area contributed by atoms with Crippen LogP contribution >= 0.6 is 0 Å². The zero-order valence-corrected chi connectivity index (χ0v) is 13.4. The zero-order valence-electron chi connectivity index (χ0n) is 13.4. The highest BCUT2D eigenvalue weighted by Crippen LogP contribution is 2.35. The van der Waals surface area contributed by atoms with Gasteiger partial charge >= 0.3 is 0 Å². The Morgan fingerprint density at radius 2 is 1.62 bits per heavy atom. The molecular formula is C19H30N2. The summed E-state index contributed by atoms with van der Waals surface area (Å²) in [6.07, 6.45) is 6.94. The van der Waals surface area contributed by atoms with Crippen LogP contribution in [0.2, 0.25) is 0 Å². The molecule has 2 atom stereocenters. The van der Waals surface area contributed by atoms with Crippen molar-refractivity contribution in [1.82, 2.24) is 4.90 Å². The van der Waals surface area contributed by atoms with Gasteiger partial charge in [0.15, 0.2) is 0 Å². The van der Waals surface area contributed by atoms with Crippen LogP contribution in [0.3, 0.4) is 0 Å². The summed E-state index contributed by atoms with van der Waals surface area (Å²) < 4.78 is 0. The quantitative estimate of drug-likeness (QED) is 0.751. The molecule has 1 aromatic rings.